The second-order valence-corrected chi connectivity index (χ2v) is 4.74. The maximum Gasteiger partial charge on any atom is 0.131 e. The van der Waals surface area contributed by atoms with Crippen LogP contribution in [-0.4, -0.2) is 35.6 Å². The predicted molar refractivity (Wildman–Crippen MR) is 74.9 cm³/mol. The van der Waals surface area contributed by atoms with Crippen LogP contribution < -0.4 is 16.0 Å². The molecule has 0 amide bonds. The molecular weight excluding hydrogens is 226 g/mol. The molecule has 0 aliphatic carbocycles. The summed E-state index contributed by atoms with van der Waals surface area (Å²) in [5.74, 6) is 1.84. The van der Waals surface area contributed by atoms with Gasteiger partial charge in [-0.1, -0.05) is 13.3 Å². The number of aromatic nitrogens is 2. The maximum atomic E-state index is 4.28. The molecule has 0 bridgehead atoms. The van der Waals surface area contributed by atoms with Gasteiger partial charge in [0.25, 0.3) is 0 Å². The largest absolute Gasteiger partial charge is 0.370 e. The minimum atomic E-state index is 0.532. The van der Waals surface area contributed by atoms with Crippen molar-refractivity contribution < 1.29 is 0 Å². The quantitative estimate of drug-likeness (QED) is 0.672. The van der Waals surface area contributed by atoms with E-state index in [4.69, 9.17) is 0 Å². The van der Waals surface area contributed by atoms with E-state index in [9.17, 15) is 0 Å². The fraction of sp³-hybridized carbons (Fsp3) is 0.692. The van der Waals surface area contributed by atoms with E-state index in [1.165, 1.54) is 12.8 Å². The molecule has 0 spiro atoms. The van der Waals surface area contributed by atoms with Gasteiger partial charge in [-0.2, -0.15) is 0 Å². The molecule has 0 atom stereocenters. The molecule has 0 saturated carbocycles. The van der Waals surface area contributed by atoms with Crippen LogP contribution in [0.4, 0.5) is 11.6 Å². The molecule has 1 aliphatic rings. The van der Waals surface area contributed by atoms with Crippen molar-refractivity contribution in [3.8, 4) is 0 Å². The minimum absolute atomic E-state index is 0.532. The van der Waals surface area contributed by atoms with Crippen LogP contribution in [0.5, 0.6) is 0 Å². The highest BCUT2D eigenvalue weighted by atomic mass is 15.1. The number of nitrogens with one attached hydrogen (secondary N) is 3. The number of hydrogen-bond donors (Lipinski definition) is 3. The van der Waals surface area contributed by atoms with E-state index in [0.717, 1.165) is 44.1 Å². The van der Waals surface area contributed by atoms with Crippen LogP contribution in [0.2, 0.25) is 0 Å². The van der Waals surface area contributed by atoms with E-state index < -0.39 is 0 Å². The fourth-order valence-electron chi connectivity index (χ4n) is 2.10. The van der Waals surface area contributed by atoms with E-state index in [1.807, 2.05) is 6.07 Å². The van der Waals surface area contributed by atoms with Gasteiger partial charge >= 0.3 is 0 Å². The number of unbranched alkanes of at least 4 members (excludes halogenated alkanes) is 1. The van der Waals surface area contributed by atoms with Gasteiger partial charge in [0.2, 0.25) is 0 Å². The first-order valence-electron chi connectivity index (χ1n) is 6.91. The molecule has 2 heterocycles. The zero-order valence-corrected chi connectivity index (χ0v) is 11.1. The van der Waals surface area contributed by atoms with E-state index >= 15 is 0 Å². The highest BCUT2D eigenvalue weighted by Crippen LogP contribution is 2.13. The molecule has 5 heteroatoms. The fourth-order valence-corrected chi connectivity index (χ4v) is 2.10. The van der Waals surface area contributed by atoms with Crippen molar-refractivity contribution in [2.45, 2.75) is 38.6 Å². The van der Waals surface area contributed by atoms with Crippen LogP contribution >= 0.6 is 0 Å². The molecule has 18 heavy (non-hydrogen) atoms. The zero-order valence-electron chi connectivity index (χ0n) is 11.1. The van der Waals surface area contributed by atoms with Crippen LogP contribution in [0.3, 0.4) is 0 Å². The van der Waals surface area contributed by atoms with Gasteiger partial charge in [-0.05, 0) is 32.4 Å². The van der Waals surface area contributed by atoms with Gasteiger partial charge < -0.3 is 16.0 Å². The Balaban J connectivity index is 1.85. The summed E-state index contributed by atoms with van der Waals surface area (Å²) in [4.78, 5) is 8.51. The van der Waals surface area contributed by atoms with E-state index in [-0.39, 0.29) is 0 Å². The lowest BCUT2D eigenvalue weighted by Crippen LogP contribution is -2.35. The predicted octanol–water partition coefficient (Wildman–Crippen LogP) is 1.85. The Morgan fingerprint density at radius 2 is 2.06 bits per heavy atom. The summed E-state index contributed by atoms with van der Waals surface area (Å²) < 4.78 is 0. The zero-order chi connectivity index (χ0) is 12.6. The van der Waals surface area contributed by atoms with Crippen LogP contribution in [0.25, 0.3) is 0 Å². The monoisotopic (exact) mass is 249 g/mol. The van der Waals surface area contributed by atoms with Gasteiger partial charge in [-0.25, -0.2) is 9.97 Å². The number of piperidine rings is 1. The summed E-state index contributed by atoms with van der Waals surface area (Å²) in [6.07, 6.45) is 6.29. The lowest BCUT2D eigenvalue weighted by Gasteiger charge is -2.24. The van der Waals surface area contributed by atoms with E-state index in [0.29, 0.717) is 6.04 Å². The van der Waals surface area contributed by atoms with Gasteiger partial charge in [-0.3, -0.25) is 0 Å². The highest BCUT2D eigenvalue weighted by molar-refractivity contribution is 5.46. The van der Waals surface area contributed by atoms with Gasteiger partial charge in [0, 0.05) is 18.7 Å². The number of hydrogen-bond acceptors (Lipinski definition) is 5. The molecular formula is C13H23N5. The Morgan fingerprint density at radius 1 is 1.28 bits per heavy atom. The van der Waals surface area contributed by atoms with Gasteiger partial charge in [0.1, 0.15) is 18.0 Å². The van der Waals surface area contributed by atoms with Crippen molar-refractivity contribution in [2.75, 3.05) is 30.3 Å². The molecule has 0 radical (unpaired) electrons. The first kappa shape index (κ1) is 13.1. The lowest BCUT2D eigenvalue weighted by molar-refractivity contribution is 0.478. The van der Waals surface area contributed by atoms with E-state index in [1.54, 1.807) is 6.33 Å². The minimum Gasteiger partial charge on any atom is -0.370 e. The van der Waals surface area contributed by atoms with Crippen molar-refractivity contribution in [1.82, 2.24) is 15.3 Å². The number of rotatable bonds is 6. The van der Waals surface area contributed by atoms with Crippen molar-refractivity contribution >= 4 is 11.6 Å². The summed E-state index contributed by atoms with van der Waals surface area (Å²) in [7, 11) is 0. The summed E-state index contributed by atoms with van der Waals surface area (Å²) in [5.41, 5.74) is 0. The number of nitrogens with zero attached hydrogens (tertiary/aromatic N) is 2. The van der Waals surface area contributed by atoms with Gasteiger partial charge in [0.05, 0.1) is 0 Å². The highest BCUT2D eigenvalue weighted by Gasteiger charge is 2.13. The molecule has 100 valence electrons. The molecule has 1 aromatic heterocycles. The number of anilines is 2. The first-order chi connectivity index (χ1) is 8.88. The SMILES string of the molecule is CCCCNc1cc(NC2CCNCC2)ncn1. The third-order valence-electron chi connectivity index (χ3n) is 3.19. The summed E-state index contributed by atoms with van der Waals surface area (Å²) in [6, 6.07) is 2.53. The molecule has 1 saturated heterocycles. The smallest absolute Gasteiger partial charge is 0.131 e. The summed E-state index contributed by atoms with van der Waals surface area (Å²) in [5, 5.41) is 10.2. The average molecular weight is 249 g/mol. The van der Waals surface area contributed by atoms with Crippen LogP contribution in [0, 0.1) is 0 Å². The maximum absolute atomic E-state index is 4.28. The van der Waals surface area contributed by atoms with Crippen molar-refractivity contribution in [3.63, 3.8) is 0 Å². The summed E-state index contributed by atoms with van der Waals surface area (Å²) in [6.45, 7) is 5.33. The van der Waals surface area contributed by atoms with Crippen molar-refractivity contribution in [3.05, 3.63) is 12.4 Å². The van der Waals surface area contributed by atoms with Gasteiger partial charge in [-0.15, -0.1) is 0 Å². The molecule has 1 aromatic rings. The molecule has 5 nitrogen and oxygen atoms in total. The molecule has 2 rings (SSSR count). The Labute approximate surface area is 109 Å². The van der Waals surface area contributed by atoms with Gasteiger partial charge in [0.15, 0.2) is 0 Å². The Hall–Kier alpha value is -1.36. The normalized spacial score (nSPS) is 16.5. The van der Waals surface area contributed by atoms with Crippen molar-refractivity contribution in [1.29, 1.82) is 0 Å². The molecule has 3 N–H and O–H groups in total. The Morgan fingerprint density at radius 3 is 2.83 bits per heavy atom. The second kappa shape index (κ2) is 7.16. The third kappa shape index (κ3) is 4.14. The van der Waals surface area contributed by atoms with E-state index in [2.05, 4.69) is 32.8 Å². The standard InChI is InChI=1S/C13H23N5/c1-2-3-6-15-12-9-13(17-10-16-12)18-11-4-7-14-8-5-11/h9-11,14H,2-8H2,1H3,(H2,15,16,17,18). The Bertz CT molecular complexity index is 349. The molecule has 1 aliphatic heterocycles. The second-order valence-electron chi connectivity index (χ2n) is 4.74. The molecule has 0 unspecified atom stereocenters. The van der Waals surface area contributed by atoms with Crippen molar-refractivity contribution in [2.24, 2.45) is 0 Å². The third-order valence-corrected chi connectivity index (χ3v) is 3.19. The lowest BCUT2D eigenvalue weighted by atomic mass is 10.1. The molecule has 0 aromatic carbocycles. The first-order valence-corrected chi connectivity index (χ1v) is 6.91. The topological polar surface area (TPSA) is 61.9 Å². The summed E-state index contributed by atoms with van der Waals surface area (Å²) >= 11 is 0. The average Bonchev–Trinajstić information content (AvgIpc) is 2.41. The van der Waals surface area contributed by atoms with Crippen LogP contribution in [0.1, 0.15) is 32.6 Å². The van der Waals surface area contributed by atoms with Crippen LogP contribution in [-0.2, 0) is 0 Å². The van der Waals surface area contributed by atoms with Crippen LogP contribution in [0.15, 0.2) is 12.4 Å². The Kier molecular flexibility index (Phi) is 5.20. The molecule has 1 fully saturated rings.